The smallest absolute Gasteiger partial charge is 0.147 e. The van der Waals surface area contributed by atoms with Crippen molar-refractivity contribution in [2.24, 2.45) is 11.7 Å². The van der Waals surface area contributed by atoms with E-state index in [-0.39, 0.29) is 31.2 Å². The highest BCUT2D eigenvalue weighted by Gasteiger charge is 2.13. The van der Waals surface area contributed by atoms with Crippen molar-refractivity contribution < 1.29 is 14.7 Å². The summed E-state index contributed by atoms with van der Waals surface area (Å²) in [6.07, 6.45) is 4.60. The first kappa shape index (κ1) is 17.8. The standard InChI is InChI=1S/C11H21NO3.ClH/c1-2-3-4-5-6-9(11(14)15)7-10(13)8-12;/h9H,2-8,12H2,1H3,(H,14,15);1H/p-1. The predicted molar refractivity (Wildman–Crippen MR) is 63.2 cm³/mol. The first-order chi connectivity index (χ1) is 7.11. The Kier molecular flexibility index (Phi) is 12.1. The number of rotatable bonds is 9. The molecule has 0 amide bonds. The van der Waals surface area contributed by atoms with Crippen molar-refractivity contribution in [1.29, 1.82) is 0 Å². The zero-order valence-electron chi connectivity index (χ0n) is 9.74. The summed E-state index contributed by atoms with van der Waals surface area (Å²) in [6.45, 7) is 2.01. The number of carbonyl (C=O) groups excluding carboxylic acids is 2. The lowest BCUT2D eigenvalue weighted by atomic mass is 9.95. The number of ketones is 1. The largest absolute Gasteiger partial charge is 0.550 e. The topological polar surface area (TPSA) is 83.2 Å². The molecule has 0 spiro atoms. The van der Waals surface area contributed by atoms with Crippen LogP contribution in [0.1, 0.15) is 45.4 Å². The first-order valence-corrected chi connectivity index (χ1v) is 5.54. The molecular formula is C11H21ClNO3-. The molecule has 1 unspecified atom stereocenters. The minimum Gasteiger partial charge on any atom is -0.550 e. The summed E-state index contributed by atoms with van der Waals surface area (Å²) < 4.78 is 0. The Labute approximate surface area is 103 Å². The maximum Gasteiger partial charge on any atom is 0.147 e. The lowest BCUT2D eigenvalue weighted by Gasteiger charge is -2.16. The Morgan fingerprint density at radius 2 is 1.88 bits per heavy atom. The van der Waals surface area contributed by atoms with Gasteiger partial charge in [0.1, 0.15) is 5.78 Å². The van der Waals surface area contributed by atoms with Crippen LogP contribution in [0.3, 0.4) is 0 Å². The van der Waals surface area contributed by atoms with Gasteiger partial charge in [-0.05, 0) is 6.42 Å². The maximum absolute atomic E-state index is 11.0. The maximum atomic E-state index is 11.0. The Morgan fingerprint density at radius 1 is 1.25 bits per heavy atom. The highest BCUT2D eigenvalue weighted by Crippen LogP contribution is 2.14. The van der Waals surface area contributed by atoms with Crippen LogP contribution in [-0.4, -0.2) is 18.3 Å². The van der Waals surface area contributed by atoms with Crippen molar-refractivity contribution in [3.63, 3.8) is 0 Å². The van der Waals surface area contributed by atoms with Gasteiger partial charge in [-0.25, -0.2) is 0 Å². The summed E-state index contributed by atoms with van der Waals surface area (Å²) in [5, 5.41) is 10.7. The number of carbonyl (C=O) groups is 2. The van der Waals surface area contributed by atoms with E-state index in [1.807, 2.05) is 0 Å². The fourth-order valence-corrected chi connectivity index (χ4v) is 1.48. The first-order valence-electron chi connectivity index (χ1n) is 5.54. The van der Waals surface area contributed by atoms with Gasteiger partial charge >= 0.3 is 0 Å². The van der Waals surface area contributed by atoms with Gasteiger partial charge < -0.3 is 15.6 Å². The van der Waals surface area contributed by atoms with Gasteiger partial charge in [-0.2, -0.15) is 0 Å². The van der Waals surface area contributed by atoms with Crippen LogP contribution >= 0.6 is 12.4 Å². The second kappa shape index (κ2) is 10.9. The molecule has 2 N–H and O–H groups in total. The van der Waals surface area contributed by atoms with Crippen LogP contribution in [0, 0.1) is 5.92 Å². The molecular weight excluding hydrogens is 230 g/mol. The van der Waals surface area contributed by atoms with E-state index < -0.39 is 11.9 Å². The molecule has 0 aromatic carbocycles. The van der Waals surface area contributed by atoms with Crippen molar-refractivity contribution in [3.8, 4) is 0 Å². The zero-order valence-corrected chi connectivity index (χ0v) is 10.6. The predicted octanol–water partition coefficient (Wildman–Crippen LogP) is 0.663. The Bertz CT molecular complexity index is 209. The molecule has 0 aliphatic rings. The van der Waals surface area contributed by atoms with Crippen molar-refractivity contribution >= 4 is 24.2 Å². The number of carboxylic acids is 1. The third-order valence-corrected chi connectivity index (χ3v) is 2.44. The fraction of sp³-hybridized carbons (Fsp3) is 0.818. The third kappa shape index (κ3) is 8.68. The van der Waals surface area contributed by atoms with Crippen LogP contribution in [0.5, 0.6) is 0 Å². The molecule has 0 aliphatic carbocycles. The number of halogens is 1. The number of unbranched alkanes of at least 4 members (excludes halogenated alkanes) is 3. The molecule has 0 radical (unpaired) electrons. The molecule has 4 nitrogen and oxygen atoms in total. The number of hydrogen-bond acceptors (Lipinski definition) is 4. The molecule has 96 valence electrons. The second-order valence-electron chi connectivity index (χ2n) is 3.81. The van der Waals surface area contributed by atoms with Crippen LogP contribution in [0.4, 0.5) is 0 Å². The lowest BCUT2D eigenvalue weighted by Crippen LogP contribution is -2.33. The Balaban J connectivity index is 0. The van der Waals surface area contributed by atoms with E-state index in [1.54, 1.807) is 0 Å². The average molecular weight is 251 g/mol. The molecule has 0 aromatic rings. The molecule has 16 heavy (non-hydrogen) atoms. The van der Waals surface area contributed by atoms with Gasteiger partial charge in [-0.3, -0.25) is 4.79 Å². The summed E-state index contributed by atoms with van der Waals surface area (Å²) >= 11 is 0. The number of Topliss-reactive ketones (excluding diaryl/α,β-unsaturated/α-hetero) is 1. The van der Waals surface area contributed by atoms with E-state index in [2.05, 4.69) is 6.92 Å². The van der Waals surface area contributed by atoms with Gasteiger partial charge in [0.2, 0.25) is 0 Å². The minimum absolute atomic E-state index is 0. The minimum atomic E-state index is -1.13. The molecule has 0 bridgehead atoms. The SMILES string of the molecule is CCCCCCC(CC(=O)CN)C(=O)[O-].Cl. The molecule has 0 aromatic heterocycles. The molecule has 0 saturated carbocycles. The number of carboxylic acid groups (broad SMARTS) is 1. The molecule has 0 saturated heterocycles. The third-order valence-electron chi connectivity index (χ3n) is 2.44. The second-order valence-corrected chi connectivity index (χ2v) is 3.81. The van der Waals surface area contributed by atoms with Crippen molar-refractivity contribution in [1.82, 2.24) is 0 Å². The van der Waals surface area contributed by atoms with E-state index >= 15 is 0 Å². The quantitative estimate of drug-likeness (QED) is 0.610. The van der Waals surface area contributed by atoms with Gasteiger partial charge in [0.05, 0.1) is 6.54 Å². The Morgan fingerprint density at radius 3 is 2.31 bits per heavy atom. The lowest BCUT2D eigenvalue weighted by molar-refractivity contribution is -0.311. The van der Waals surface area contributed by atoms with E-state index in [1.165, 1.54) is 0 Å². The molecule has 0 rings (SSSR count). The number of aliphatic carboxylic acids is 1. The summed E-state index contributed by atoms with van der Waals surface area (Å²) in [4.78, 5) is 21.7. The van der Waals surface area contributed by atoms with Crippen LogP contribution in [0.2, 0.25) is 0 Å². The fourth-order valence-electron chi connectivity index (χ4n) is 1.48. The van der Waals surface area contributed by atoms with Crippen LogP contribution in [0.15, 0.2) is 0 Å². The molecule has 0 fully saturated rings. The van der Waals surface area contributed by atoms with Gasteiger partial charge in [0.25, 0.3) is 0 Å². The number of nitrogens with two attached hydrogens (primary N) is 1. The van der Waals surface area contributed by atoms with Gasteiger partial charge in [0.15, 0.2) is 0 Å². The Hall–Kier alpha value is -0.610. The molecule has 0 heterocycles. The van der Waals surface area contributed by atoms with Gasteiger partial charge in [-0.15, -0.1) is 12.4 Å². The number of hydrogen-bond donors (Lipinski definition) is 1. The van der Waals surface area contributed by atoms with Crippen molar-refractivity contribution in [2.45, 2.75) is 45.4 Å². The normalized spacial score (nSPS) is 11.6. The molecule has 1 atom stereocenters. The average Bonchev–Trinajstić information content (AvgIpc) is 2.21. The molecule has 0 aliphatic heterocycles. The summed E-state index contributed by atoms with van der Waals surface area (Å²) in [6, 6.07) is 0. The van der Waals surface area contributed by atoms with Gasteiger partial charge in [-0.1, -0.05) is 32.6 Å². The summed E-state index contributed by atoms with van der Waals surface area (Å²) in [7, 11) is 0. The van der Waals surface area contributed by atoms with E-state index in [4.69, 9.17) is 5.73 Å². The highest BCUT2D eigenvalue weighted by atomic mass is 35.5. The van der Waals surface area contributed by atoms with Crippen LogP contribution in [0.25, 0.3) is 0 Å². The summed E-state index contributed by atoms with van der Waals surface area (Å²) in [5.74, 6) is -1.99. The van der Waals surface area contributed by atoms with Crippen LogP contribution in [-0.2, 0) is 9.59 Å². The highest BCUT2D eigenvalue weighted by molar-refractivity contribution is 5.85. The van der Waals surface area contributed by atoms with Crippen LogP contribution < -0.4 is 10.8 Å². The van der Waals surface area contributed by atoms with Gasteiger partial charge in [0, 0.05) is 18.3 Å². The van der Waals surface area contributed by atoms with E-state index in [0.717, 1.165) is 25.7 Å². The summed E-state index contributed by atoms with van der Waals surface area (Å²) in [5.41, 5.74) is 5.13. The van der Waals surface area contributed by atoms with E-state index in [0.29, 0.717) is 6.42 Å². The monoisotopic (exact) mass is 250 g/mol. The zero-order chi connectivity index (χ0) is 11.7. The van der Waals surface area contributed by atoms with Crippen molar-refractivity contribution in [2.75, 3.05) is 6.54 Å². The van der Waals surface area contributed by atoms with E-state index in [9.17, 15) is 14.7 Å². The van der Waals surface area contributed by atoms with Crippen molar-refractivity contribution in [3.05, 3.63) is 0 Å². The molecule has 5 heteroatoms.